The molecule has 76 valence electrons. The van der Waals surface area contributed by atoms with Gasteiger partial charge >= 0.3 is 59.1 Å². The molecule has 0 unspecified atom stereocenters. The van der Waals surface area contributed by atoms with Gasteiger partial charge in [-0.3, -0.25) is 0 Å². The topological polar surface area (TPSA) is 231 Å². The first-order chi connectivity index (χ1) is 0. The summed E-state index contributed by atoms with van der Waals surface area (Å²) in [7, 11) is 0. The van der Waals surface area contributed by atoms with Gasteiger partial charge in [0, 0.05) is 33.7 Å². The third-order valence-corrected chi connectivity index (χ3v) is 0. The van der Waals surface area contributed by atoms with E-state index in [9.17, 15) is 0 Å². The normalized spacial score (nSPS) is 0. The molecule has 0 aliphatic carbocycles. The Kier molecular flexibility index (Phi) is 52100. The van der Waals surface area contributed by atoms with Gasteiger partial charge in [-0.15, -0.1) is 0 Å². The molecular formula is H2B4Na2O8-12. The molecule has 12 radical (unpaired) electrons. The van der Waals surface area contributed by atoms with Crippen molar-refractivity contribution in [3.05, 3.63) is 0 Å². The molecule has 0 saturated heterocycles. The Morgan fingerprint density at radius 1 is 0.286 bits per heavy atom. The smallest absolute Gasteiger partial charge is 1.00 e. The largest absolute Gasteiger partial charge is 2.00 e. The molecule has 0 aromatic rings. The summed E-state index contributed by atoms with van der Waals surface area (Å²) in [5.41, 5.74) is 0. The van der Waals surface area contributed by atoms with Crippen LogP contribution in [0.2, 0.25) is 0 Å². The summed E-state index contributed by atoms with van der Waals surface area (Å²) in [5.74, 6) is 0. The molecule has 0 aliphatic rings. The standard InChI is InChI=1S/4B.2Na.H2O.7O/h;;;;;;1H2;;;;;;;/q;;;;2*+1;;7*-2. The molecular weight excluding hydrogens is 217 g/mol. The van der Waals surface area contributed by atoms with Gasteiger partial charge in [-0.2, -0.15) is 0 Å². The Labute approximate surface area is 135 Å². The molecule has 0 aliphatic heterocycles. The number of hydrogen-bond acceptors (Lipinski definition) is 0. The van der Waals surface area contributed by atoms with E-state index in [2.05, 4.69) is 0 Å². The van der Waals surface area contributed by atoms with Crippen molar-refractivity contribution in [2.24, 2.45) is 0 Å². The summed E-state index contributed by atoms with van der Waals surface area (Å²) < 4.78 is 0. The summed E-state index contributed by atoms with van der Waals surface area (Å²) in [5, 5.41) is 0. The van der Waals surface area contributed by atoms with E-state index < -0.39 is 0 Å². The van der Waals surface area contributed by atoms with E-state index in [0.717, 1.165) is 0 Å². The van der Waals surface area contributed by atoms with Crippen LogP contribution in [-0.4, -0.2) is 39.1 Å². The Bertz CT molecular complexity index is 19.3. The van der Waals surface area contributed by atoms with Crippen molar-refractivity contribution in [2.45, 2.75) is 0 Å². The molecule has 0 spiro atoms. The zero-order valence-electron chi connectivity index (χ0n) is 7.67. The summed E-state index contributed by atoms with van der Waals surface area (Å²) in [4.78, 5) is 0. The minimum atomic E-state index is 0. The van der Waals surface area contributed by atoms with Gasteiger partial charge in [0.25, 0.3) is 0 Å². The van der Waals surface area contributed by atoms with Crippen LogP contribution in [0.1, 0.15) is 0 Å². The van der Waals surface area contributed by atoms with Gasteiger partial charge in [-0.25, -0.2) is 0 Å². The van der Waals surface area contributed by atoms with Crippen LogP contribution in [0.25, 0.3) is 0 Å². The zero-order chi connectivity index (χ0) is 0. The first-order valence-electron chi connectivity index (χ1n) is 0. The van der Waals surface area contributed by atoms with Crippen LogP contribution in [0.15, 0.2) is 0 Å². The second kappa shape index (κ2) is 772. The van der Waals surface area contributed by atoms with Crippen LogP contribution in [0, 0.1) is 0 Å². The fourth-order valence-electron chi connectivity index (χ4n) is 0. The summed E-state index contributed by atoms with van der Waals surface area (Å²) in [6, 6.07) is 0. The average molecular weight is 219 g/mol. The van der Waals surface area contributed by atoms with E-state index >= 15 is 0 Å². The Balaban J connectivity index is 0. The van der Waals surface area contributed by atoms with Gasteiger partial charge in [0.15, 0.2) is 0 Å². The number of rotatable bonds is 0. The molecule has 0 amide bonds. The predicted octanol–water partition coefficient (Wildman–Crippen LogP) is -9.17. The van der Waals surface area contributed by atoms with Crippen LogP contribution in [0.4, 0.5) is 0 Å². The fourth-order valence-corrected chi connectivity index (χ4v) is 0. The SMILES string of the molecule is O.[B].[B].[B].[B].[Na+].[Na+].[O-2].[O-2].[O-2].[O-2].[O-2].[O-2].[O-2]. The minimum absolute atomic E-state index is 0. The molecule has 0 rings (SSSR count). The summed E-state index contributed by atoms with van der Waals surface area (Å²) >= 11 is 0. The maximum atomic E-state index is 0. The van der Waals surface area contributed by atoms with Gasteiger partial charge in [0.2, 0.25) is 0 Å². The van der Waals surface area contributed by atoms with Gasteiger partial charge in [0.1, 0.15) is 0 Å². The van der Waals surface area contributed by atoms with Gasteiger partial charge in [-0.05, 0) is 0 Å². The Morgan fingerprint density at radius 3 is 0.286 bits per heavy atom. The monoisotopic (exact) mass is 220 g/mol. The van der Waals surface area contributed by atoms with Crippen LogP contribution in [0.3, 0.4) is 0 Å². The van der Waals surface area contributed by atoms with Crippen molar-refractivity contribution >= 4 is 33.7 Å². The third kappa shape index (κ3) is 620. The number of hydrogen-bond donors (Lipinski definition) is 0. The van der Waals surface area contributed by atoms with Crippen LogP contribution >= 0.6 is 0 Å². The summed E-state index contributed by atoms with van der Waals surface area (Å²) in [6.07, 6.45) is 0. The Morgan fingerprint density at radius 2 is 0.286 bits per heavy atom. The molecule has 8 nitrogen and oxygen atoms in total. The molecule has 0 bridgehead atoms. The maximum Gasteiger partial charge on any atom is 1.00 e. The molecule has 0 heterocycles. The van der Waals surface area contributed by atoms with Gasteiger partial charge < -0.3 is 43.8 Å². The first-order valence-corrected chi connectivity index (χ1v) is 0. The van der Waals surface area contributed by atoms with E-state index in [0.29, 0.717) is 0 Å². The van der Waals surface area contributed by atoms with Crippen LogP contribution in [-0.2, 0) is 38.3 Å². The molecule has 0 aromatic carbocycles. The zero-order valence-corrected chi connectivity index (χ0v) is 11.7. The van der Waals surface area contributed by atoms with Crippen molar-refractivity contribution in [1.82, 2.24) is 0 Å². The second-order valence-electron chi connectivity index (χ2n) is 0. The molecule has 0 aromatic heterocycles. The average Bonchev–Trinajstić information content (AvgIpc) is 0. The third-order valence-electron chi connectivity index (χ3n) is 0. The summed E-state index contributed by atoms with van der Waals surface area (Å²) in [6.45, 7) is 0. The van der Waals surface area contributed by atoms with Crippen LogP contribution in [0.5, 0.6) is 0 Å². The Hall–Kier alpha value is 1.94. The predicted molar refractivity (Wildman–Crippen MR) is 31.4 cm³/mol. The van der Waals surface area contributed by atoms with Crippen molar-refractivity contribution in [1.29, 1.82) is 0 Å². The van der Waals surface area contributed by atoms with Crippen molar-refractivity contribution in [2.75, 3.05) is 0 Å². The van der Waals surface area contributed by atoms with E-state index in [1.54, 1.807) is 0 Å². The van der Waals surface area contributed by atoms with Crippen molar-refractivity contribution in [3.8, 4) is 0 Å². The fraction of sp³-hybridized carbons (Fsp3) is 0. The molecule has 0 atom stereocenters. The quantitative estimate of drug-likeness (QED) is 0.345. The van der Waals surface area contributed by atoms with E-state index in [1.807, 2.05) is 0 Å². The minimum Gasteiger partial charge on any atom is -2.00 e. The van der Waals surface area contributed by atoms with E-state index in [1.165, 1.54) is 0 Å². The first kappa shape index (κ1) is 946. The van der Waals surface area contributed by atoms with E-state index in [-0.39, 0.29) is 137 Å². The molecule has 0 fully saturated rings. The van der Waals surface area contributed by atoms with Gasteiger partial charge in [-0.1, -0.05) is 0 Å². The van der Waals surface area contributed by atoms with Crippen molar-refractivity contribution < 1.29 is 103 Å². The molecule has 0 saturated carbocycles. The molecule has 14 heteroatoms. The second-order valence-corrected chi connectivity index (χ2v) is 0. The molecule has 14 heavy (non-hydrogen) atoms. The van der Waals surface area contributed by atoms with Gasteiger partial charge in [0.05, 0.1) is 0 Å². The van der Waals surface area contributed by atoms with Crippen molar-refractivity contribution in [3.63, 3.8) is 0 Å². The van der Waals surface area contributed by atoms with Crippen LogP contribution < -0.4 is 59.1 Å². The van der Waals surface area contributed by atoms with E-state index in [4.69, 9.17) is 0 Å². The molecule has 2 N–H and O–H groups in total. The maximum absolute atomic E-state index is 0.